The number of hydrogen-bond acceptors (Lipinski definition) is 4. The molecule has 0 saturated carbocycles. The fourth-order valence-corrected chi connectivity index (χ4v) is 6.67. The molecule has 0 N–H and O–H groups in total. The molecule has 1 aromatic rings. The molecule has 1 amide bonds. The van der Waals surface area contributed by atoms with Crippen molar-refractivity contribution in [2.24, 2.45) is 4.99 Å². The van der Waals surface area contributed by atoms with Crippen LogP contribution in [0.3, 0.4) is 0 Å². The van der Waals surface area contributed by atoms with Crippen LogP contribution in [0.5, 0.6) is 0 Å². The van der Waals surface area contributed by atoms with Gasteiger partial charge >= 0.3 is 0 Å². The lowest BCUT2D eigenvalue weighted by atomic mass is 10.1. The average molecular weight is 342 g/mol. The molecule has 0 bridgehead atoms. The van der Waals surface area contributed by atoms with Crippen molar-refractivity contribution in [1.29, 1.82) is 0 Å². The average Bonchev–Trinajstić information content (AvgIpc) is 2.87. The van der Waals surface area contributed by atoms with Crippen LogP contribution in [-0.2, 0) is 21.1 Å². The highest BCUT2D eigenvalue weighted by atomic mass is 32.2. The first-order valence-electron chi connectivity index (χ1n) is 6.80. The number of fused-ring (bicyclic) bond motifs is 1. The van der Waals surface area contributed by atoms with Gasteiger partial charge in [-0.2, -0.15) is 4.99 Å². The zero-order valence-electron chi connectivity index (χ0n) is 11.9. The number of amides is 1. The van der Waals surface area contributed by atoms with E-state index >= 15 is 0 Å². The summed E-state index contributed by atoms with van der Waals surface area (Å²) < 4.78 is 36.0. The second-order valence-corrected chi connectivity index (χ2v) is 8.86. The minimum Gasteiger partial charge on any atom is -0.349 e. The lowest BCUT2D eigenvalue weighted by molar-refractivity contribution is -0.117. The molecule has 3 rings (SSSR count). The van der Waals surface area contributed by atoms with Gasteiger partial charge in [-0.05, 0) is 17.7 Å². The fraction of sp³-hybridized carbons (Fsp3) is 0.429. The van der Waals surface area contributed by atoms with Crippen molar-refractivity contribution in [3.8, 4) is 0 Å². The Bertz CT molecular complexity index is 731. The quantitative estimate of drug-likeness (QED) is 0.805. The molecule has 2 aliphatic rings. The van der Waals surface area contributed by atoms with Gasteiger partial charge in [0.15, 0.2) is 15.0 Å². The fourth-order valence-electron chi connectivity index (χ4n) is 2.66. The van der Waals surface area contributed by atoms with Gasteiger partial charge in [-0.15, -0.1) is 0 Å². The Hall–Kier alpha value is -1.41. The summed E-state index contributed by atoms with van der Waals surface area (Å²) in [7, 11) is -1.21. The van der Waals surface area contributed by atoms with Crippen LogP contribution in [0.1, 0.15) is 5.56 Å². The third kappa shape index (κ3) is 3.17. The molecule has 0 spiro atoms. The van der Waals surface area contributed by atoms with Crippen LogP contribution in [0.15, 0.2) is 29.3 Å². The molecule has 2 atom stereocenters. The Morgan fingerprint density at radius 1 is 1.36 bits per heavy atom. The number of rotatable bonds is 2. The van der Waals surface area contributed by atoms with Crippen molar-refractivity contribution in [3.05, 3.63) is 35.6 Å². The first-order valence-corrected chi connectivity index (χ1v) is 9.50. The number of nitrogens with zero attached hydrogens (tertiary/aromatic N) is 2. The van der Waals surface area contributed by atoms with Gasteiger partial charge < -0.3 is 4.90 Å². The Morgan fingerprint density at radius 2 is 2.05 bits per heavy atom. The summed E-state index contributed by atoms with van der Waals surface area (Å²) in [4.78, 5) is 17.9. The van der Waals surface area contributed by atoms with E-state index in [1.54, 1.807) is 24.1 Å². The van der Waals surface area contributed by atoms with Crippen molar-refractivity contribution in [3.63, 3.8) is 0 Å². The van der Waals surface area contributed by atoms with E-state index in [1.165, 1.54) is 23.9 Å². The minimum absolute atomic E-state index is 0.0487. The Balaban J connectivity index is 1.68. The van der Waals surface area contributed by atoms with Crippen molar-refractivity contribution < 1.29 is 17.6 Å². The van der Waals surface area contributed by atoms with Crippen molar-refractivity contribution in [1.82, 2.24) is 4.90 Å². The Morgan fingerprint density at radius 3 is 2.68 bits per heavy atom. The SMILES string of the molecule is CN1C(=NC(=O)Cc2ccc(F)cc2)S[C@H]2CS(=O)(=O)C[C@@H]21. The van der Waals surface area contributed by atoms with Crippen molar-refractivity contribution >= 4 is 32.7 Å². The Labute approximate surface area is 132 Å². The van der Waals surface area contributed by atoms with Gasteiger partial charge in [-0.1, -0.05) is 23.9 Å². The predicted molar refractivity (Wildman–Crippen MR) is 84.1 cm³/mol. The van der Waals surface area contributed by atoms with E-state index in [0.29, 0.717) is 10.7 Å². The zero-order valence-corrected chi connectivity index (χ0v) is 13.5. The molecule has 0 aliphatic carbocycles. The summed E-state index contributed by atoms with van der Waals surface area (Å²) in [5, 5.41) is 0.518. The van der Waals surface area contributed by atoms with E-state index < -0.39 is 9.84 Å². The maximum atomic E-state index is 12.8. The van der Waals surface area contributed by atoms with E-state index in [0.717, 1.165) is 0 Å². The minimum atomic E-state index is -2.98. The summed E-state index contributed by atoms with van der Waals surface area (Å²) >= 11 is 1.35. The molecular weight excluding hydrogens is 327 g/mol. The number of halogens is 1. The van der Waals surface area contributed by atoms with E-state index in [4.69, 9.17) is 0 Å². The molecule has 2 saturated heterocycles. The first kappa shape index (κ1) is 15.5. The van der Waals surface area contributed by atoms with E-state index in [9.17, 15) is 17.6 Å². The van der Waals surface area contributed by atoms with Crippen LogP contribution in [0, 0.1) is 5.82 Å². The molecule has 2 fully saturated rings. The number of carbonyl (C=O) groups is 1. The summed E-state index contributed by atoms with van der Waals surface area (Å²) in [6, 6.07) is 5.62. The lowest BCUT2D eigenvalue weighted by Gasteiger charge is -2.17. The lowest BCUT2D eigenvalue weighted by Crippen LogP contribution is -2.34. The van der Waals surface area contributed by atoms with Gasteiger partial charge in [0, 0.05) is 12.3 Å². The molecule has 2 heterocycles. The molecule has 0 unspecified atom stereocenters. The van der Waals surface area contributed by atoms with E-state index in [2.05, 4.69) is 4.99 Å². The largest absolute Gasteiger partial charge is 0.349 e. The van der Waals surface area contributed by atoms with E-state index in [1.807, 2.05) is 0 Å². The number of sulfone groups is 1. The van der Waals surface area contributed by atoms with Gasteiger partial charge in [0.25, 0.3) is 5.91 Å². The smallest absolute Gasteiger partial charge is 0.252 e. The van der Waals surface area contributed by atoms with Gasteiger partial charge in [0.1, 0.15) is 5.82 Å². The highest BCUT2D eigenvalue weighted by Crippen LogP contribution is 2.36. The third-order valence-electron chi connectivity index (χ3n) is 3.82. The third-order valence-corrected chi connectivity index (χ3v) is 7.12. The summed E-state index contributed by atoms with van der Waals surface area (Å²) in [5.74, 6) is -0.407. The van der Waals surface area contributed by atoms with Crippen LogP contribution in [0.2, 0.25) is 0 Å². The molecule has 5 nitrogen and oxygen atoms in total. The van der Waals surface area contributed by atoms with E-state index in [-0.39, 0.29) is 40.9 Å². The molecule has 0 aromatic heterocycles. The van der Waals surface area contributed by atoms with Crippen molar-refractivity contribution in [2.45, 2.75) is 17.7 Å². The Kier molecular flexibility index (Phi) is 3.98. The summed E-state index contributed by atoms with van der Waals surface area (Å²) in [6.45, 7) is 0. The number of thioether (sulfide) groups is 1. The second-order valence-electron chi connectivity index (χ2n) is 5.50. The summed E-state index contributed by atoms with van der Waals surface area (Å²) in [5.41, 5.74) is 0.698. The number of amidine groups is 1. The molecule has 22 heavy (non-hydrogen) atoms. The number of benzene rings is 1. The maximum absolute atomic E-state index is 12.8. The van der Waals surface area contributed by atoms with Crippen LogP contribution >= 0.6 is 11.8 Å². The molecule has 8 heteroatoms. The predicted octanol–water partition coefficient (Wildman–Crippen LogP) is 1.09. The zero-order chi connectivity index (χ0) is 15.9. The van der Waals surface area contributed by atoms with Crippen LogP contribution in [0.25, 0.3) is 0 Å². The molecule has 0 radical (unpaired) electrons. The maximum Gasteiger partial charge on any atom is 0.252 e. The molecule has 118 valence electrons. The first-order chi connectivity index (χ1) is 10.3. The van der Waals surface area contributed by atoms with Crippen molar-refractivity contribution in [2.75, 3.05) is 18.6 Å². The van der Waals surface area contributed by atoms with Gasteiger partial charge in [0.2, 0.25) is 0 Å². The number of carbonyl (C=O) groups excluding carboxylic acids is 1. The highest BCUT2D eigenvalue weighted by Gasteiger charge is 2.47. The second kappa shape index (κ2) is 5.66. The normalized spacial score (nSPS) is 28.1. The molecular formula is C14H15FN2O3S2. The molecule has 1 aromatic carbocycles. The van der Waals surface area contributed by atoms with Gasteiger partial charge in [0.05, 0.1) is 24.0 Å². The topological polar surface area (TPSA) is 66.8 Å². The monoisotopic (exact) mass is 342 g/mol. The van der Waals surface area contributed by atoms with Gasteiger partial charge in [-0.3, -0.25) is 4.79 Å². The van der Waals surface area contributed by atoms with Gasteiger partial charge in [-0.25, -0.2) is 12.8 Å². The van der Waals surface area contributed by atoms with Crippen LogP contribution < -0.4 is 0 Å². The molecule has 2 aliphatic heterocycles. The number of aliphatic imine (C=N–C) groups is 1. The number of hydrogen-bond donors (Lipinski definition) is 0. The highest BCUT2D eigenvalue weighted by molar-refractivity contribution is 8.15. The standard InChI is InChI=1S/C14H15FN2O3S2/c1-17-11-7-22(19,20)8-12(11)21-14(17)16-13(18)6-9-2-4-10(15)5-3-9/h2-5,11-12H,6-8H2,1H3/t11-,12-/m0/s1. The van der Waals surface area contributed by atoms with Crippen LogP contribution in [0.4, 0.5) is 4.39 Å². The van der Waals surface area contributed by atoms with Crippen LogP contribution in [-0.4, -0.2) is 54.2 Å². The summed E-state index contributed by atoms with van der Waals surface area (Å²) in [6.07, 6.45) is 0.103.